The third-order valence-electron chi connectivity index (χ3n) is 3.12. The van der Waals surface area contributed by atoms with Gasteiger partial charge in [0.05, 0.1) is 0 Å². The molecule has 0 saturated heterocycles. The lowest BCUT2D eigenvalue weighted by Gasteiger charge is -2.21. The molecule has 2 nitrogen and oxygen atoms in total. The number of benzene rings is 1. The van der Waals surface area contributed by atoms with Gasteiger partial charge in [0.2, 0.25) is 0 Å². The first-order valence-electron chi connectivity index (χ1n) is 5.69. The van der Waals surface area contributed by atoms with Crippen molar-refractivity contribution < 1.29 is 0 Å². The van der Waals surface area contributed by atoms with Crippen LogP contribution in [0.5, 0.6) is 0 Å². The Morgan fingerprint density at radius 1 is 1.38 bits per heavy atom. The van der Waals surface area contributed by atoms with E-state index in [1.807, 2.05) is 31.1 Å². The highest BCUT2D eigenvalue weighted by Gasteiger charge is 2.16. The third kappa shape index (κ3) is 2.89. The van der Waals surface area contributed by atoms with E-state index in [1.54, 1.807) is 0 Å². The van der Waals surface area contributed by atoms with Crippen molar-refractivity contribution in [3.8, 4) is 0 Å². The van der Waals surface area contributed by atoms with Crippen molar-refractivity contribution in [3.05, 3.63) is 28.8 Å². The molecule has 0 heterocycles. The number of halogens is 1. The summed E-state index contributed by atoms with van der Waals surface area (Å²) in [4.78, 5) is 2.03. The normalized spacial score (nSPS) is 14.6. The van der Waals surface area contributed by atoms with Gasteiger partial charge in [-0.05, 0) is 23.6 Å². The summed E-state index contributed by atoms with van der Waals surface area (Å²) in [6.45, 7) is 4.30. The van der Waals surface area contributed by atoms with E-state index < -0.39 is 0 Å². The highest BCUT2D eigenvalue weighted by molar-refractivity contribution is 6.31. The first kappa shape index (κ1) is 13.3. The van der Waals surface area contributed by atoms with Gasteiger partial charge in [-0.2, -0.15) is 0 Å². The molecule has 2 atom stereocenters. The van der Waals surface area contributed by atoms with E-state index in [4.69, 9.17) is 17.3 Å². The van der Waals surface area contributed by atoms with Crippen molar-refractivity contribution in [2.45, 2.75) is 26.3 Å². The molecule has 0 saturated carbocycles. The minimum atomic E-state index is 0.0220. The highest BCUT2D eigenvalue weighted by atomic mass is 35.5. The average Bonchev–Trinajstić information content (AvgIpc) is 2.26. The second kappa shape index (κ2) is 5.55. The van der Waals surface area contributed by atoms with E-state index in [9.17, 15) is 0 Å². The van der Waals surface area contributed by atoms with E-state index in [0.29, 0.717) is 5.92 Å². The molecule has 0 aliphatic carbocycles. The maximum absolute atomic E-state index is 6.26. The van der Waals surface area contributed by atoms with E-state index in [0.717, 1.165) is 22.7 Å². The molecule has 0 aliphatic rings. The lowest BCUT2D eigenvalue weighted by atomic mass is 9.93. The van der Waals surface area contributed by atoms with Crippen molar-refractivity contribution in [3.63, 3.8) is 0 Å². The Morgan fingerprint density at radius 3 is 2.44 bits per heavy atom. The molecule has 0 radical (unpaired) electrons. The first-order chi connectivity index (χ1) is 7.47. The Bertz CT molecular complexity index is 350. The lowest BCUT2D eigenvalue weighted by molar-refractivity contribution is 0.457. The van der Waals surface area contributed by atoms with Crippen LogP contribution in [0.3, 0.4) is 0 Å². The molecule has 0 bridgehead atoms. The van der Waals surface area contributed by atoms with Crippen LogP contribution in [-0.4, -0.2) is 14.1 Å². The van der Waals surface area contributed by atoms with E-state index in [1.165, 1.54) is 0 Å². The predicted molar refractivity (Wildman–Crippen MR) is 72.2 cm³/mol. The Labute approximate surface area is 103 Å². The molecule has 0 aliphatic heterocycles. The van der Waals surface area contributed by atoms with Gasteiger partial charge in [0.1, 0.15) is 0 Å². The van der Waals surface area contributed by atoms with Gasteiger partial charge in [0.25, 0.3) is 0 Å². The summed E-state index contributed by atoms with van der Waals surface area (Å²) in [5.41, 5.74) is 8.32. The molecule has 0 aromatic heterocycles. The molecule has 0 spiro atoms. The maximum atomic E-state index is 6.26. The molecule has 16 heavy (non-hydrogen) atoms. The second-order valence-electron chi connectivity index (χ2n) is 4.51. The van der Waals surface area contributed by atoms with Gasteiger partial charge >= 0.3 is 0 Å². The monoisotopic (exact) mass is 240 g/mol. The summed E-state index contributed by atoms with van der Waals surface area (Å²) in [5, 5.41) is 0.763. The Morgan fingerprint density at radius 2 is 2.00 bits per heavy atom. The van der Waals surface area contributed by atoms with Gasteiger partial charge in [-0.15, -0.1) is 0 Å². The largest absolute Gasteiger partial charge is 0.378 e. The Balaban J connectivity index is 2.99. The molecular weight excluding hydrogens is 220 g/mol. The zero-order valence-electron chi connectivity index (χ0n) is 10.5. The van der Waals surface area contributed by atoms with Crippen LogP contribution < -0.4 is 10.6 Å². The molecule has 2 N–H and O–H groups in total. The number of anilines is 1. The van der Waals surface area contributed by atoms with Gasteiger partial charge in [-0.25, -0.2) is 0 Å². The van der Waals surface area contributed by atoms with Crippen molar-refractivity contribution >= 4 is 17.3 Å². The summed E-state index contributed by atoms with van der Waals surface area (Å²) in [6, 6.07) is 6.09. The summed E-state index contributed by atoms with van der Waals surface area (Å²) in [5.74, 6) is 0.447. The SMILES string of the molecule is CCC(C)[C@@H](N)c1ccc(N(C)C)cc1Cl. The van der Waals surface area contributed by atoms with Gasteiger partial charge in [0.15, 0.2) is 0 Å². The van der Waals surface area contributed by atoms with Crippen LogP contribution in [0.25, 0.3) is 0 Å². The molecule has 1 rings (SSSR count). The summed E-state index contributed by atoms with van der Waals surface area (Å²) in [7, 11) is 4.00. The average molecular weight is 241 g/mol. The molecule has 3 heteroatoms. The summed E-state index contributed by atoms with van der Waals surface area (Å²) < 4.78 is 0. The molecule has 1 aromatic rings. The quantitative estimate of drug-likeness (QED) is 0.874. The zero-order valence-corrected chi connectivity index (χ0v) is 11.3. The standard InChI is InChI=1S/C13H21ClN2/c1-5-9(2)13(15)11-7-6-10(16(3)4)8-12(11)14/h6-9,13H,5,15H2,1-4H3/t9?,13-/m1/s1. The summed E-state index contributed by atoms with van der Waals surface area (Å²) in [6.07, 6.45) is 1.06. The second-order valence-corrected chi connectivity index (χ2v) is 4.92. The van der Waals surface area contributed by atoms with Crippen molar-refractivity contribution in [1.29, 1.82) is 0 Å². The topological polar surface area (TPSA) is 29.3 Å². The molecule has 0 fully saturated rings. The van der Waals surface area contributed by atoms with E-state index >= 15 is 0 Å². The fraction of sp³-hybridized carbons (Fsp3) is 0.538. The van der Waals surface area contributed by atoms with Crippen molar-refractivity contribution in [2.24, 2.45) is 11.7 Å². The van der Waals surface area contributed by atoms with Crippen LogP contribution in [0.15, 0.2) is 18.2 Å². The van der Waals surface area contributed by atoms with E-state index in [2.05, 4.69) is 19.9 Å². The summed E-state index contributed by atoms with van der Waals surface area (Å²) >= 11 is 6.26. The van der Waals surface area contributed by atoms with Crippen LogP contribution in [-0.2, 0) is 0 Å². The van der Waals surface area contributed by atoms with Crippen LogP contribution in [0.1, 0.15) is 31.9 Å². The van der Waals surface area contributed by atoms with Crippen LogP contribution in [0, 0.1) is 5.92 Å². The fourth-order valence-corrected chi connectivity index (χ4v) is 1.93. The lowest BCUT2D eigenvalue weighted by Crippen LogP contribution is -2.19. The predicted octanol–water partition coefficient (Wildman–Crippen LogP) is 3.45. The fourth-order valence-electron chi connectivity index (χ4n) is 1.63. The number of nitrogens with zero attached hydrogens (tertiary/aromatic N) is 1. The van der Waals surface area contributed by atoms with Crippen LogP contribution in [0.4, 0.5) is 5.69 Å². The zero-order chi connectivity index (χ0) is 12.3. The first-order valence-corrected chi connectivity index (χ1v) is 6.07. The van der Waals surface area contributed by atoms with Gasteiger partial charge in [-0.1, -0.05) is 37.9 Å². The number of hydrogen-bond donors (Lipinski definition) is 1. The Hall–Kier alpha value is -0.730. The molecule has 1 aromatic carbocycles. The third-order valence-corrected chi connectivity index (χ3v) is 3.44. The minimum Gasteiger partial charge on any atom is -0.378 e. The van der Waals surface area contributed by atoms with Gasteiger partial charge in [0, 0.05) is 30.8 Å². The highest BCUT2D eigenvalue weighted by Crippen LogP contribution is 2.30. The molecule has 90 valence electrons. The molecule has 0 amide bonds. The minimum absolute atomic E-state index is 0.0220. The Kier molecular flexibility index (Phi) is 4.63. The van der Waals surface area contributed by atoms with Crippen molar-refractivity contribution in [1.82, 2.24) is 0 Å². The smallest absolute Gasteiger partial charge is 0.0474 e. The number of nitrogens with two attached hydrogens (primary N) is 1. The number of hydrogen-bond acceptors (Lipinski definition) is 2. The van der Waals surface area contributed by atoms with Crippen LogP contribution >= 0.6 is 11.6 Å². The van der Waals surface area contributed by atoms with E-state index in [-0.39, 0.29) is 6.04 Å². The van der Waals surface area contributed by atoms with Gasteiger partial charge < -0.3 is 10.6 Å². The van der Waals surface area contributed by atoms with Gasteiger partial charge in [-0.3, -0.25) is 0 Å². The number of rotatable bonds is 4. The molecular formula is C13H21ClN2. The van der Waals surface area contributed by atoms with Crippen LogP contribution in [0.2, 0.25) is 5.02 Å². The maximum Gasteiger partial charge on any atom is 0.0474 e. The molecule has 1 unspecified atom stereocenters. The van der Waals surface area contributed by atoms with Crippen molar-refractivity contribution in [2.75, 3.05) is 19.0 Å².